The molecule has 2 aromatic heterocycles. The van der Waals surface area contributed by atoms with Gasteiger partial charge in [-0.3, -0.25) is 4.90 Å². The standard InChI is InChI=1S/C31H32N4O3S/c1-23-18-26(8-7-25(23)19-24-11-17-39-21-24)34-31-28-20-27(9-10-29(28)32-22-33-31)38-30(36)6-4-2-3-5-12-35-13-15-37-16-14-35/h7-11,17-18,20-22H,2-3,5,12-16,19H2,1H3,(H,32,33,34). The smallest absolute Gasteiger partial charge is 0.389 e. The van der Waals surface area contributed by atoms with Crippen molar-refractivity contribution in [1.82, 2.24) is 14.9 Å². The normalized spacial score (nSPS) is 13.6. The highest BCUT2D eigenvalue weighted by molar-refractivity contribution is 7.07. The first kappa shape index (κ1) is 26.8. The first-order valence-electron chi connectivity index (χ1n) is 13.3. The second kappa shape index (κ2) is 13.3. The van der Waals surface area contributed by atoms with Crippen molar-refractivity contribution in [3.05, 3.63) is 76.2 Å². The Morgan fingerprint density at radius 1 is 1.13 bits per heavy atom. The molecule has 8 heteroatoms. The zero-order valence-electron chi connectivity index (χ0n) is 22.1. The van der Waals surface area contributed by atoms with E-state index < -0.39 is 5.97 Å². The monoisotopic (exact) mass is 540 g/mol. The van der Waals surface area contributed by atoms with Crippen LogP contribution in [0.4, 0.5) is 11.5 Å². The number of morpholine rings is 1. The average Bonchev–Trinajstić information content (AvgIpc) is 3.46. The van der Waals surface area contributed by atoms with E-state index in [2.05, 4.69) is 74.0 Å². The van der Waals surface area contributed by atoms with E-state index >= 15 is 0 Å². The minimum absolute atomic E-state index is 0.411. The van der Waals surface area contributed by atoms with Gasteiger partial charge in [-0.1, -0.05) is 12.0 Å². The lowest BCUT2D eigenvalue weighted by atomic mass is 10.0. The maximum absolute atomic E-state index is 12.3. The summed E-state index contributed by atoms with van der Waals surface area (Å²) in [6.07, 6.45) is 5.12. The molecule has 1 aliphatic heterocycles. The van der Waals surface area contributed by atoms with Crippen LogP contribution in [0.25, 0.3) is 10.9 Å². The number of hydrogen-bond acceptors (Lipinski definition) is 8. The second-order valence-corrected chi connectivity index (χ2v) is 10.4. The number of anilines is 2. The SMILES string of the molecule is Cc1cc(Nc2ncnc3ccc(OC(=O)C#CCCCCN4CCOCC4)cc23)ccc1Cc1ccsc1. The Labute approximate surface area is 233 Å². The van der Waals surface area contributed by atoms with Crippen LogP contribution in [0.2, 0.25) is 0 Å². The fraction of sp³-hybridized carbons (Fsp3) is 0.323. The van der Waals surface area contributed by atoms with E-state index in [1.54, 1.807) is 23.5 Å². The van der Waals surface area contributed by atoms with Crippen LogP contribution in [-0.4, -0.2) is 53.7 Å². The highest BCUT2D eigenvalue weighted by atomic mass is 32.1. The van der Waals surface area contributed by atoms with Crippen LogP contribution in [0.15, 0.2) is 59.6 Å². The summed E-state index contributed by atoms with van der Waals surface area (Å²) in [6, 6.07) is 13.8. The van der Waals surface area contributed by atoms with Gasteiger partial charge in [0.25, 0.3) is 0 Å². The Hall–Kier alpha value is -3.77. The van der Waals surface area contributed by atoms with Crippen LogP contribution in [-0.2, 0) is 16.0 Å². The van der Waals surface area contributed by atoms with E-state index in [1.165, 1.54) is 23.0 Å². The number of esters is 1. The lowest BCUT2D eigenvalue weighted by molar-refractivity contribution is -0.128. The molecule has 0 amide bonds. The van der Waals surface area contributed by atoms with Gasteiger partial charge in [0.2, 0.25) is 0 Å². The third-order valence-electron chi connectivity index (χ3n) is 6.72. The molecule has 0 radical (unpaired) electrons. The first-order valence-corrected chi connectivity index (χ1v) is 14.2. The highest BCUT2D eigenvalue weighted by Gasteiger charge is 2.10. The van der Waals surface area contributed by atoms with Gasteiger partial charge in [0.05, 0.1) is 18.7 Å². The molecular weight excluding hydrogens is 508 g/mol. The van der Waals surface area contributed by atoms with Crippen molar-refractivity contribution in [1.29, 1.82) is 0 Å². The molecule has 1 aliphatic rings. The number of unbranched alkanes of at least 4 members (excludes halogenated alkanes) is 2. The van der Waals surface area contributed by atoms with Crippen LogP contribution < -0.4 is 10.1 Å². The molecule has 1 N–H and O–H groups in total. The fourth-order valence-corrected chi connectivity index (χ4v) is 5.23. The number of ether oxygens (including phenoxy) is 2. The molecule has 39 heavy (non-hydrogen) atoms. The molecule has 200 valence electrons. The van der Waals surface area contributed by atoms with Crippen molar-refractivity contribution in [2.75, 3.05) is 38.2 Å². The summed E-state index contributed by atoms with van der Waals surface area (Å²) < 4.78 is 10.9. The van der Waals surface area contributed by atoms with Crippen molar-refractivity contribution < 1.29 is 14.3 Å². The summed E-state index contributed by atoms with van der Waals surface area (Å²) in [5.74, 6) is 6.05. The van der Waals surface area contributed by atoms with Gasteiger partial charge in [0.15, 0.2) is 0 Å². The van der Waals surface area contributed by atoms with E-state index in [4.69, 9.17) is 9.47 Å². The van der Waals surface area contributed by atoms with Crippen LogP contribution in [0.5, 0.6) is 5.75 Å². The maximum Gasteiger partial charge on any atom is 0.389 e. The number of aryl methyl sites for hydroxylation is 1. The van der Waals surface area contributed by atoms with Gasteiger partial charge in [-0.2, -0.15) is 11.3 Å². The van der Waals surface area contributed by atoms with E-state index in [9.17, 15) is 4.79 Å². The molecule has 3 heterocycles. The Kier molecular flexibility index (Phi) is 9.17. The predicted molar refractivity (Wildman–Crippen MR) is 156 cm³/mol. The summed E-state index contributed by atoms with van der Waals surface area (Å²) in [5, 5.41) is 8.45. The zero-order valence-corrected chi connectivity index (χ0v) is 22.9. The Morgan fingerprint density at radius 3 is 2.85 bits per heavy atom. The van der Waals surface area contributed by atoms with E-state index in [-0.39, 0.29) is 0 Å². The Morgan fingerprint density at radius 2 is 2.03 bits per heavy atom. The summed E-state index contributed by atoms with van der Waals surface area (Å²) >= 11 is 1.72. The van der Waals surface area contributed by atoms with Crippen LogP contribution in [0, 0.1) is 18.8 Å². The molecule has 0 unspecified atom stereocenters. The summed E-state index contributed by atoms with van der Waals surface area (Å²) in [4.78, 5) is 23.5. The Balaban J connectivity index is 1.18. The fourth-order valence-electron chi connectivity index (χ4n) is 4.56. The number of carbonyl (C=O) groups excluding carboxylic acids is 1. The van der Waals surface area contributed by atoms with Crippen LogP contribution in [0.3, 0.4) is 0 Å². The minimum atomic E-state index is -0.564. The van der Waals surface area contributed by atoms with Gasteiger partial charge in [0, 0.05) is 36.5 Å². The zero-order chi connectivity index (χ0) is 26.9. The predicted octanol–water partition coefficient (Wildman–Crippen LogP) is 5.75. The molecular formula is C31H32N4O3S. The molecule has 0 bridgehead atoms. The first-order chi connectivity index (χ1) is 19.1. The van der Waals surface area contributed by atoms with Gasteiger partial charge in [-0.25, -0.2) is 14.8 Å². The van der Waals surface area contributed by atoms with Gasteiger partial charge in [0.1, 0.15) is 17.9 Å². The maximum atomic E-state index is 12.3. The van der Waals surface area contributed by atoms with Crippen molar-refractivity contribution in [2.24, 2.45) is 0 Å². The number of benzene rings is 2. The molecule has 0 saturated carbocycles. The molecule has 5 rings (SSSR count). The number of carbonyl (C=O) groups is 1. The number of hydrogen-bond donors (Lipinski definition) is 1. The van der Waals surface area contributed by atoms with Crippen molar-refractivity contribution in [3.8, 4) is 17.6 Å². The van der Waals surface area contributed by atoms with Gasteiger partial charge in [-0.05, 0) is 96.6 Å². The van der Waals surface area contributed by atoms with Gasteiger partial charge in [-0.15, -0.1) is 0 Å². The molecule has 2 aromatic carbocycles. The number of thiophene rings is 1. The molecule has 0 aliphatic carbocycles. The molecule has 4 aromatic rings. The quantitative estimate of drug-likeness (QED) is 0.0953. The molecule has 0 spiro atoms. The molecule has 0 atom stereocenters. The van der Waals surface area contributed by atoms with E-state index in [1.807, 2.05) is 6.07 Å². The van der Waals surface area contributed by atoms with E-state index in [0.717, 1.165) is 68.7 Å². The number of fused-ring (bicyclic) bond motifs is 1. The largest absolute Gasteiger partial charge is 0.417 e. The second-order valence-electron chi connectivity index (χ2n) is 9.58. The van der Waals surface area contributed by atoms with Gasteiger partial charge >= 0.3 is 5.97 Å². The van der Waals surface area contributed by atoms with Crippen LogP contribution in [0.1, 0.15) is 36.0 Å². The summed E-state index contributed by atoms with van der Waals surface area (Å²) in [5.41, 5.74) is 5.51. The number of aromatic nitrogens is 2. The summed E-state index contributed by atoms with van der Waals surface area (Å²) in [7, 11) is 0. The third-order valence-corrected chi connectivity index (χ3v) is 7.45. The molecule has 7 nitrogen and oxygen atoms in total. The minimum Gasteiger partial charge on any atom is -0.417 e. The van der Waals surface area contributed by atoms with Crippen molar-refractivity contribution >= 4 is 39.7 Å². The summed E-state index contributed by atoms with van der Waals surface area (Å²) in [6.45, 7) is 6.78. The topological polar surface area (TPSA) is 76.6 Å². The lowest BCUT2D eigenvalue weighted by Gasteiger charge is -2.26. The van der Waals surface area contributed by atoms with Gasteiger partial charge < -0.3 is 14.8 Å². The van der Waals surface area contributed by atoms with E-state index in [0.29, 0.717) is 18.0 Å². The van der Waals surface area contributed by atoms with Crippen LogP contribution >= 0.6 is 11.3 Å². The highest BCUT2D eigenvalue weighted by Crippen LogP contribution is 2.28. The Bertz CT molecular complexity index is 1470. The molecule has 1 saturated heterocycles. The third kappa shape index (κ3) is 7.64. The number of rotatable bonds is 9. The lowest BCUT2D eigenvalue weighted by Crippen LogP contribution is -2.36. The number of nitrogens with zero attached hydrogens (tertiary/aromatic N) is 3. The van der Waals surface area contributed by atoms with Crippen molar-refractivity contribution in [3.63, 3.8) is 0 Å². The average molecular weight is 541 g/mol. The van der Waals surface area contributed by atoms with Crippen molar-refractivity contribution in [2.45, 2.75) is 32.6 Å². The number of nitrogens with one attached hydrogen (secondary N) is 1. The molecule has 1 fully saturated rings.